The summed E-state index contributed by atoms with van der Waals surface area (Å²) < 4.78 is 0. The quantitative estimate of drug-likeness (QED) is 0.215. The summed E-state index contributed by atoms with van der Waals surface area (Å²) in [6.45, 7) is 19.2. The van der Waals surface area contributed by atoms with Crippen LogP contribution in [0.15, 0.2) is 83.8 Å². The molecule has 0 N–H and O–H groups in total. The SMILES string of the molecule is CC(C)Cl.CC(C)Sc1ccc(Cl)cc1.CC(C)c1ccccc1.Cc1ccc(CSC(C)C)cc1. The summed E-state index contributed by atoms with van der Waals surface area (Å²) >= 11 is 14.9. The molecule has 0 atom stereocenters. The van der Waals surface area contributed by atoms with Gasteiger partial charge in [-0.15, -0.1) is 23.4 Å². The maximum atomic E-state index is 5.74. The van der Waals surface area contributed by atoms with Gasteiger partial charge in [0.25, 0.3) is 0 Å². The molecule has 0 radical (unpaired) electrons. The van der Waals surface area contributed by atoms with Crippen LogP contribution < -0.4 is 0 Å². The van der Waals surface area contributed by atoms with Gasteiger partial charge in [-0.1, -0.05) is 113 Å². The lowest BCUT2D eigenvalue weighted by molar-refractivity contribution is 0.867. The first kappa shape index (κ1) is 34.9. The molecule has 0 aliphatic carbocycles. The number of halogens is 2. The number of hydrogen-bond donors (Lipinski definition) is 0. The third-order valence-electron chi connectivity index (χ3n) is 4.36. The van der Waals surface area contributed by atoms with Gasteiger partial charge in [0.1, 0.15) is 0 Å². The van der Waals surface area contributed by atoms with E-state index in [1.54, 1.807) is 0 Å². The topological polar surface area (TPSA) is 0 Å². The van der Waals surface area contributed by atoms with Crippen LogP contribution in [0.3, 0.4) is 0 Å². The third-order valence-corrected chi connectivity index (χ3v) is 6.79. The fourth-order valence-corrected chi connectivity index (χ4v) is 4.25. The summed E-state index contributed by atoms with van der Waals surface area (Å²) in [5, 5.41) is 2.47. The van der Waals surface area contributed by atoms with Crippen molar-refractivity contribution < 1.29 is 0 Å². The Balaban J connectivity index is 0.000000478. The minimum atomic E-state index is 0.306. The van der Waals surface area contributed by atoms with Crippen LogP contribution in [0.25, 0.3) is 0 Å². The standard InChI is InChI=1S/C11H16S.C9H11ClS.C9H12.C3H7Cl/c1-9(2)12-8-11-6-4-10(3)5-7-11;1-7(2)11-9-5-3-8(10)4-6-9;1-8(2)9-6-4-3-5-7-9;1-3(2)4/h4-7,9H,8H2,1-3H3;3-7H,1-2H3;3-8H,1-2H3;3H,1-2H3. The highest BCUT2D eigenvalue weighted by molar-refractivity contribution is 8.00. The first-order valence-corrected chi connectivity index (χ1v) is 15.4. The molecule has 0 aliphatic heterocycles. The van der Waals surface area contributed by atoms with E-state index in [0.717, 1.165) is 16.0 Å². The summed E-state index contributed by atoms with van der Waals surface area (Å²) in [6.07, 6.45) is 0. The van der Waals surface area contributed by atoms with Crippen LogP contribution in [-0.2, 0) is 5.75 Å². The Kier molecular flexibility index (Phi) is 20.3. The van der Waals surface area contributed by atoms with Crippen molar-refractivity contribution in [1.29, 1.82) is 0 Å². The maximum Gasteiger partial charge on any atom is 0.0406 e. The molecule has 4 heteroatoms. The van der Waals surface area contributed by atoms with Crippen molar-refractivity contribution in [1.82, 2.24) is 0 Å². The predicted molar refractivity (Wildman–Crippen MR) is 172 cm³/mol. The number of aryl methyl sites for hydroxylation is 1. The summed E-state index contributed by atoms with van der Waals surface area (Å²) in [7, 11) is 0. The fourth-order valence-electron chi connectivity index (χ4n) is 2.57. The lowest BCUT2D eigenvalue weighted by atomic mass is 10.0. The molecule has 200 valence electrons. The summed E-state index contributed by atoms with van der Waals surface area (Å²) in [5.41, 5.74) is 4.19. The van der Waals surface area contributed by atoms with Gasteiger partial charge in [-0.2, -0.15) is 11.8 Å². The van der Waals surface area contributed by atoms with E-state index in [1.807, 2.05) is 67.7 Å². The van der Waals surface area contributed by atoms with Gasteiger partial charge in [-0.25, -0.2) is 0 Å². The van der Waals surface area contributed by atoms with Crippen LogP contribution in [0.1, 0.15) is 78.0 Å². The summed E-state index contributed by atoms with van der Waals surface area (Å²) in [6, 6.07) is 27.2. The molecule has 0 bridgehead atoms. The van der Waals surface area contributed by atoms with Crippen molar-refractivity contribution in [2.75, 3.05) is 0 Å². The molecule has 0 aromatic heterocycles. The van der Waals surface area contributed by atoms with Gasteiger partial charge in [0.05, 0.1) is 0 Å². The molecule has 0 saturated carbocycles. The Morgan fingerprint density at radius 2 is 1.17 bits per heavy atom. The van der Waals surface area contributed by atoms with Crippen molar-refractivity contribution in [3.05, 3.63) is 101 Å². The van der Waals surface area contributed by atoms with E-state index in [1.165, 1.54) is 21.6 Å². The monoisotopic (exact) mass is 564 g/mol. The molecule has 36 heavy (non-hydrogen) atoms. The fraction of sp³-hybridized carbons (Fsp3) is 0.438. The number of benzene rings is 3. The zero-order valence-corrected chi connectivity index (χ0v) is 26.7. The molecule has 0 fully saturated rings. The highest BCUT2D eigenvalue weighted by atomic mass is 35.5. The van der Waals surface area contributed by atoms with Gasteiger partial charge in [0, 0.05) is 26.3 Å². The predicted octanol–water partition coefficient (Wildman–Crippen LogP) is 11.9. The molecule has 3 rings (SSSR count). The minimum absolute atomic E-state index is 0.306. The van der Waals surface area contributed by atoms with Crippen LogP contribution in [0.5, 0.6) is 0 Å². The Labute approximate surface area is 241 Å². The summed E-state index contributed by atoms with van der Waals surface area (Å²) in [5.74, 6) is 1.80. The maximum absolute atomic E-state index is 5.74. The highest BCUT2D eigenvalue weighted by Gasteiger charge is 1.97. The van der Waals surface area contributed by atoms with Crippen LogP contribution >= 0.6 is 46.7 Å². The van der Waals surface area contributed by atoms with Crippen LogP contribution in [-0.4, -0.2) is 15.9 Å². The van der Waals surface area contributed by atoms with E-state index in [0.29, 0.717) is 16.5 Å². The third kappa shape index (κ3) is 21.1. The molecular formula is C32H46Cl2S2. The first-order valence-electron chi connectivity index (χ1n) is 12.7. The zero-order valence-electron chi connectivity index (χ0n) is 23.6. The van der Waals surface area contributed by atoms with Gasteiger partial charge in [0.2, 0.25) is 0 Å². The van der Waals surface area contributed by atoms with Crippen LogP contribution in [0.4, 0.5) is 0 Å². The molecule has 0 aliphatic rings. The molecule has 3 aromatic rings. The van der Waals surface area contributed by atoms with E-state index in [2.05, 4.69) is 97.0 Å². The van der Waals surface area contributed by atoms with E-state index < -0.39 is 0 Å². The molecular weight excluding hydrogens is 519 g/mol. The minimum Gasteiger partial charge on any atom is -0.154 e. The van der Waals surface area contributed by atoms with E-state index in [9.17, 15) is 0 Å². The van der Waals surface area contributed by atoms with Crippen molar-refractivity contribution in [3.8, 4) is 0 Å². The average Bonchev–Trinajstić information content (AvgIpc) is 2.81. The number of alkyl halides is 1. The Morgan fingerprint density at radius 3 is 1.56 bits per heavy atom. The van der Waals surface area contributed by atoms with Gasteiger partial charge >= 0.3 is 0 Å². The second-order valence-electron chi connectivity index (χ2n) is 9.55. The second-order valence-corrected chi connectivity index (χ2v) is 14.1. The van der Waals surface area contributed by atoms with E-state index >= 15 is 0 Å². The van der Waals surface area contributed by atoms with Crippen molar-refractivity contribution in [3.63, 3.8) is 0 Å². The normalized spacial score (nSPS) is 10.3. The second kappa shape index (κ2) is 20.9. The van der Waals surface area contributed by atoms with E-state index in [4.69, 9.17) is 23.2 Å². The van der Waals surface area contributed by atoms with Gasteiger partial charge < -0.3 is 0 Å². The molecule has 3 aromatic carbocycles. The molecule has 0 unspecified atom stereocenters. The highest BCUT2D eigenvalue weighted by Crippen LogP contribution is 2.23. The van der Waals surface area contributed by atoms with Crippen molar-refractivity contribution in [2.45, 2.75) is 94.8 Å². The number of rotatable bonds is 6. The molecule has 0 amide bonds. The van der Waals surface area contributed by atoms with Gasteiger partial charge in [0.15, 0.2) is 0 Å². The zero-order chi connectivity index (χ0) is 27.5. The van der Waals surface area contributed by atoms with E-state index in [-0.39, 0.29) is 0 Å². The summed E-state index contributed by atoms with van der Waals surface area (Å²) in [4.78, 5) is 1.28. The lowest BCUT2D eigenvalue weighted by Gasteiger charge is -2.04. The Bertz CT molecular complexity index is 885. The number of thioether (sulfide) groups is 2. The largest absolute Gasteiger partial charge is 0.154 e. The first-order chi connectivity index (χ1) is 16.9. The molecule has 0 saturated heterocycles. The molecule has 0 nitrogen and oxygen atoms in total. The van der Waals surface area contributed by atoms with Crippen LogP contribution in [0.2, 0.25) is 5.02 Å². The molecule has 0 heterocycles. The lowest BCUT2D eigenvalue weighted by Crippen LogP contribution is -1.88. The van der Waals surface area contributed by atoms with Crippen molar-refractivity contribution >= 4 is 46.7 Å². The Morgan fingerprint density at radius 1 is 0.667 bits per heavy atom. The van der Waals surface area contributed by atoms with Gasteiger partial charge in [-0.3, -0.25) is 0 Å². The number of hydrogen-bond acceptors (Lipinski definition) is 2. The average molecular weight is 566 g/mol. The smallest absolute Gasteiger partial charge is 0.0406 e. The van der Waals surface area contributed by atoms with Gasteiger partial charge in [-0.05, 0) is 67.3 Å². The van der Waals surface area contributed by atoms with Crippen LogP contribution in [0, 0.1) is 6.92 Å². The molecule has 0 spiro atoms. The van der Waals surface area contributed by atoms with Crippen molar-refractivity contribution in [2.24, 2.45) is 0 Å². The Hall–Kier alpha value is -1.06.